The number of aliphatic carboxylic acids is 1. The number of carboxylic acid groups (broad SMARTS) is 1. The third-order valence-electron chi connectivity index (χ3n) is 1.00. The molecule has 0 atom stereocenters. The zero-order valence-electron chi connectivity index (χ0n) is 5.66. The Hall–Kier alpha value is -0.650. The van der Waals surface area contributed by atoms with Gasteiger partial charge in [0.05, 0.1) is 13.0 Å². The van der Waals surface area contributed by atoms with E-state index in [2.05, 4.69) is 0 Å². The first-order valence-electron chi connectivity index (χ1n) is 2.99. The highest BCUT2D eigenvalue weighted by Crippen LogP contribution is 1.82. The van der Waals surface area contributed by atoms with Crippen LogP contribution in [-0.4, -0.2) is 40.9 Å². The molecule has 5 nitrogen and oxygen atoms in total. The van der Waals surface area contributed by atoms with Crippen molar-refractivity contribution in [3.05, 3.63) is 0 Å². The number of hydrogen-bond donors (Lipinski definition) is 3. The Labute approximate surface area is 59.0 Å². The Kier molecular flexibility index (Phi) is 4.82. The average Bonchev–Trinajstić information content (AvgIpc) is 1.85. The highest BCUT2D eigenvalue weighted by Gasteiger charge is 2.00. The minimum Gasteiger partial charge on any atom is -0.481 e. The second-order valence-corrected chi connectivity index (χ2v) is 1.90. The Morgan fingerprint density at radius 3 is 2.50 bits per heavy atom. The predicted octanol–water partition coefficient (Wildman–Crippen LogP) is -1.37. The lowest BCUT2D eigenvalue weighted by molar-refractivity contribution is -0.137. The molecule has 0 aliphatic carbocycles. The lowest BCUT2D eigenvalue weighted by Gasteiger charge is -2.11. The van der Waals surface area contributed by atoms with Crippen LogP contribution in [0.25, 0.3) is 0 Å². The van der Waals surface area contributed by atoms with Crippen molar-refractivity contribution in [3.8, 4) is 0 Å². The van der Waals surface area contributed by atoms with Crippen LogP contribution in [0.5, 0.6) is 0 Å². The Morgan fingerprint density at radius 1 is 1.50 bits per heavy atom. The highest BCUT2D eigenvalue weighted by atomic mass is 16.4. The topological polar surface area (TPSA) is 86.8 Å². The van der Waals surface area contributed by atoms with E-state index in [0.717, 1.165) is 0 Å². The Balaban J connectivity index is 3.21. The molecule has 0 aliphatic heterocycles. The summed E-state index contributed by atoms with van der Waals surface area (Å²) in [6.07, 6.45) is 0.0104. The van der Waals surface area contributed by atoms with E-state index < -0.39 is 5.97 Å². The number of hydrazine groups is 1. The van der Waals surface area contributed by atoms with Gasteiger partial charge in [0.15, 0.2) is 0 Å². The van der Waals surface area contributed by atoms with Gasteiger partial charge in [0, 0.05) is 13.1 Å². The lowest BCUT2D eigenvalue weighted by atomic mass is 10.4. The van der Waals surface area contributed by atoms with E-state index in [9.17, 15) is 4.79 Å². The number of carbonyl (C=O) groups is 1. The molecule has 0 aromatic heterocycles. The minimum absolute atomic E-state index is 0.0104. The van der Waals surface area contributed by atoms with Crippen molar-refractivity contribution in [3.63, 3.8) is 0 Å². The fraction of sp³-hybridized carbons (Fsp3) is 0.800. The second kappa shape index (κ2) is 5.16. The van der Waals surface area contributed by atoms with Crippen LogP contribution >= 0.6 is 0 Å². The molecule has 0 bridgehead atoms. The van der Waals surface area contributed by atoms with Crippen molar-refractivity contribution in [1.82, 2.24) is 5.01 Å². The average molecular weight is 148 g/mol. The number of hydrogen-bond acceptors (Lipinski definition) is 4. The third kappa shape index (κ3) is 5.49. The van der Waals surface area contributed by atoms with Gasteiger partial charge in [-0.3, -0.25) is 10.6 Å². The zero-order chi connectivity index (χ0) is 7.98. The van der Waals surface area contributed by atoms with Crippen LogP contribution < -0.4 is 5.84 Å². The maximum Gasteiger partial charge on any atom is 0.304 e. The van der Waals surface area contributed by atoms with E-state index in [-0.39, 0.29) is 19.6 Å². The molecular formula is C5H12N2O3. The summed E-state index contributed by atoms with van der Waals surface area (Å²) in [7, 11) is 0. The first-order valence-corrected chi connectivity index (χ1v) is 2.99. The molecule has 0 aliphatic rings. The second-order valence-electron chi connectivity index (χ2n) is 1.90. The molecule has 10 heavy (non-hydrogen) atoms. The van der Waals surface area contributed by atoms with Crippen LogP contribution in [0.15, 0.2) is 0 Å². The van der Waals surface area contributed by atoms with Crippen molar-refractivity contribution in [2.75, 3.05) is 19.7 Å². The number of nitrogens with zero attached hydrogens (tertiary/aromatic N) is 1. The summed E-state index contributed by atoms with van der Waals surface area (Å²) in [6, 6.07) is 0. The van der Waals surface area contributed by atoms with E-state index in [4.69, 9.17) is 16.1 Å². The molecule has 0 spiro atoms. The minimum atomic E-state index is -0.881. The fourth-order valence-electron chi connectivity index (χ4n) is 0.479. The zero-order valence-corrected chi connectivity index (χ0v) is 5.66. The third-order valence-corrected chi connectivity index (χ3v) is 1.00. The summed E-state index contributed by atoms with van der Waals surface area (Å²) in [5.41, 5.74) is 0. The number of carboxylic acids is 1. The number of nitrogens with two attached hydrogens (primary N) is 1. The van der Waals surface area contributed by atoms with Crippen LogP contribution in [0.2, 0.25) is 0 Å². The van der Waals surface area contributed by atoms with Gasteiger partial charge in [0.1, 0.15) is 0 Å². The molecule has 0 rings (SSSR count). The largest absolute Gasteiger partial charge is 0.481 e. The highest BCUT2D eigenvalue weighted by molar-refractivity contribution is 5.66. The molecule has 0 unspecified atom stereocenters. The number of aliphatic hydroxyl groups excluding tert-OH is 1. The summed E-state index contributed by atoms with van der Waals surface area (Å²) in [5.74, 6) is 4.36. The lowest BCUT2D eigenvalue weighted by Crippen LogP contribution is -2.35. The van der Waals surface area contributed by atoms with Gasteiger partial charge in [-0.05, 0) is 0 Å². The van der Waals surface area contributed by atoms with Gasteiger partial charge in [-0.15, -0.1) is 0 Å². The van der Waals surface area contributed by atoms with Gasteiger partial charge >= 0.3 is 5.97 Å². The van der Waals surface area contributed by atoms with E-state index in [1.807, 2.05) is 0 Å². The summed E-state index contributed by atoms with van der Waals surface area (Å²) >= 11 is 0. The maximum absolute atomic E-state index is 9.96. The molecule has 0 aromatic rings. The molecule has 4 N–H and O–H groups in total. The molecule has 0 aromatic carbocycles. The molecule has 0 saturated carbocycles. The van der Waals surface area contributed by atoms with E-state index in [1.165, 1.54) is 5.01 Å². The maximum atomic E-state index is 9.96. The molecule has 0 saturated heterocycles. The van der Waals surface area contributed by atoms with Crippen LogP contribution in [0.4, 0.5) is 0 Å². The van der Waals surface area contributed by atoms with Crippen LogP contribution in [-0.2, 0) is 4.79 Å². The molecule has 60 valence electrons. The Morgan fingerprint density at radius 2 is 2.10 bits per heavy atom. The number of aliphatic hydroxyl groups is 1. The van der Waals surface area contributed by atoms with Gasteiger partial charge in [-0.25, -0.2) is 5.01 Å². The van der Waals surface area contributed by atoms with E-state index in [0.29, 0.717) is 6.54 Å². The predicted molar refractivity (Wildman–Crippen MR) is 35.1 cm³/mol. The van der Waals surface area contributed by atoms with Crippen LogP contribution in [0.3, 0.4) is 0 Å². The smallest absolute Gasteiger partial charge is 0.304 e. The van der Waals surface area contributed by atoms with Crippen molar-refractivity contribution in [2.45, 2.75) is 6.42 Å². The van der Waals surface area contributed by atoms with E-state index in [1.54, 1.807) is 0 Å². The standard InChI is InChI=1S/C5H12N2O3/c6-7(3-4-8)2-1-5(9)10/h8H,1-4,6H2,(H,9,10). The fourth-order valence-corrected chi connectivity index (χ4v) is 0.479. The molecule has 0 radical (unpaired) electrons. The molecule has 0 heterocycles. The van der Waals surface area contributed by atoms with Crippen LogP contribution in [0.1, 0.15) is 6.42 Å². The van der Waals surface area contributed by atoms with Crippen LogP contribution in [0, 0.1) is 0 Å². The quantitative estimate of drug-likeness (QED) is 0.331. The summed E-state index contributed by atoms with van der Waals surface area (Å²) < 4.78 is 0. The molecule has 0 amide bonds. The summed E-state index contributed by atoms with van der Waals surface area (Å²) in [6.45, 7) is 0.541. The van der Waals surface area contributed by atoms with Gasteiger partial charge in [-0.1, -0.05) is 0 Å². The number of rotatable bonds is 5. The van der Waals surface area contributed by atoms with Crippen molar-refractivity contribution in [2.24, 2.45) is 5.84 Å². The van der Waals surface area contributed by atoms with Gasteiger partial charge < -0.3 is 10.2 Å². The first kappa shape index (κ1) is 9.35. The first-order chi connectivity index (χ1) is 4.66. The molecule has 0 fully saturated rings. The summed E-state index contributed by atoms with van der Waals surface area (Å²) in [4.78, 5) is 9.96. The SMILES string of the molecule is NN(CCO)CCC(=O)O. The molecule has 5 heteroatoms. The van der Waals surface area contributed by atoms with Crippen molar-refractivity contribution in [1.29, 1.82) is 0 Å². The van der Waals surface area contributed by atoms with Gasteiger partial charge in [-0.2, -0.15) is 0 Å². The normalized spacial score (nSPS) is 10.3. The molecular weight excluding hydrogens is 136 g/mol. The van der Waals surface area contributed by atoms with Crippen molar-refractivity contribution < 1.29 is 15.0 Å². The Bertz CT molecular complexity index is 107. The monoisotopic (exact) mass is 148 g/mol. The van der Waals surface area contributed by atoms with E-state index >= 15 is 0 Å². The van der Waals surface area contributed by atoms with Crippen molar-refractivity contribution >= 4 is 5.97 Å². The van der Waals surface area contributed by atoms with Gasteiger partial charge in [0.2, 0.25) is 0 Å². The summed E-state index contributed by atoms with van der Waals surface area (Å²) in [5, 5.41) is 17.8. The van der Waals surface area contributed by atoms with Gasteiger partial charge in [0.25, 0.3) is 0 Å².